The minimum absolute atomic E-state index is 0.296. The third-order valence-electron chi connectivity index (χ3n) is 3.11. The van der Waals surface area contributed by atoms with E-state index >= 15 is 0 Å². The topological polar surface area (TPSA) is 65.2 Å². The zero-order valence-corrected chi connectivity index (χ0v) is 13.1. The first-order chi connectivity index (χ1) is 10.1. The Hall–Kier alpha value is -2.14. The highest BCUT2D eigenvalue weighted by atomic mass is 79.9. The predicted octanol–water partition coefficient (Wildman–Crippen LogP) is 4.53. The molecule has 0 heterocycles. The molecule has 0 amide bonds. The molecule has 0 spiro atoms. The van der Waals surface area contributed by atoms with Crippen molar-refractivity contribution < 1.29 is 10.4 Å². The molecule has 2 N–H and O–H groups in total. The quantitative estimate of drug-likeness (QED) is 0.485. The van der Waals surface area contributed by atoms with Crippen molar-refractivity contribution in [2.24, 2.45) is 10.3 Å². The number of oxime groups is 2. The second-order valence-corrected chi connectivity index (χ2v) is 5.56. The maximum absolute atomic E-state index is 9.09. The number of rotatable bonds is 4. The number of halogens is 1. The van der Waals surface area contributed by atoms with E-state index in [0.717, 1.165) is 21.2 Å². The van der Waals surface area contributed by atoms with Crippen molar-refractivity contribution in [3.05, 3.63) is 58.6 Å². The van der Waals surface area contributed by atoms with Gasteiger partial charge in [-0.25, -0.2) is 0 Å². The summed E-state index contributed by atoms with van der Waals surface area (Å²) in [5, 5.41) is 24.1. The molecule has 0 radical (unpaired) electrons. The standard InChI is InChI=1S/C16H15BrN2O2/c1-11(18-20)10-16(19-21)14-4-2-12(3-5-14)13-6-8-15(17)9-7-13/h2-9,20-21H,10H2,1H3/b18-11+,19-16-. The van der Waals surface area contributed by atoms with E-state index in [2.05, 4.69) is 26.2 Å². The molecule has 0 fully saturated rings. The summed E-state index contributed by atoms with van der Waals surface area (Å²) in [6, 6.07) is 15.7. The highest BCUT2D eigenvalue weighted by molar-refractivity contribution is 9.10. The summed E-state index contributed by atoms with van der Waals surface area (Å²) < 4.78 is 1.04. The summed E-state index contributed by atoms with van der Waals surface area (Å²) in [6.07, 6.45) is 0.296. The van der Waals surface area contributed by atoms with Gasteiger partial charge < -0.3 is 10.4 Å². The van der Waals surface area contributed by atoms with Crippen molar-refractivity contribution >= 4 is 27.4 Å². The smallest absolute Gasteiger partial charge is 0.0924 e. The van der Waals surface area contributed by atoms with E-state index in [9.17, 15) is 0 Å². The molecule has 108 valence electrons. The summed E-state index contributed by atoms with van der Waals surface area (Å²) in [5.74, 6) is 0. The van der Waals surface area contributed by atoms with Gasteiger partial charge in [0.1, 0.15) is 0 Å². The Morgan fingerprint density at radius 1 is 0.905 bits per heavy atom. The average Bonchev–Trinajstić information content (AvgIpc) is 2.53. The van der Waals surface area contributed by atoms with Gasteiger partial charge in [0.05, 0.1) is 11.4 Å². The monoisotopic (exact) mass is 346 g/mol. The molecule has 0 aromatic heterocycles. The lowest BCUT2D eigenvalue weighted by molar-refractivity contribution is 0.315. The molecular weight excluding hydrogens is 332 g/mol. The Morgan fingerprint density at radius 2 is 1.43 bits per heavy atom. The summed E-state index contributed by atoms with van der Waals surface area (Å²) in [7, 11) is 0. The van der Waals surface area contributed by atoms with E-state index in [0.29, 0.717) is 17.8 Å². The Morgan fingerprint density at radius 3 is 1.90 bits per heavy atom. The molecule has 2 rings (SSSR count). The number of hydrogen-bond acceptors (Lipinski definition) is 4. The van der Waals surface area contributed by atoms with Crippen LogP contribution in [0.1, 0.15) is 18.9 Å². The normalized spacial score (nSPS) is 12.5. The summed E-state index contributed by atoms with van der Waals surface area (Å²) in [6.45, 7) is 1.67. The largest absolute Gasteiger partial charge is 0.411 e. The van der Waals surface area contributed by atoms with Crippen LogP contribution in [-0.2, 0) is 0 Å². The third kappa shape index (κ3) is 3.92. The minimum Gasteiger partial charge on any atom is -0.411 e. The van der Waals surface area contributed by atoms with Gasteiger partial charge in [-0.2, -0.15) is 0 Å². The molecule has 5 heteroatoms. The first-order valence-corrected chi connectivity index (χ1v) is 7.18. The second kappa shape index (κ2) is 7.04. The van der Waals surface area contributed by atoms with Crippen molar-refractivity contribution in [1.29, 1.82) is 0 Å². The van der Waals surface area contributed by atoms with E-state index in [4.69, 9.17) is 10.4 Å². The van der Waals surface area contributed by atoms with E-state index in [-0.39, 0.29) is 0 Å². The van der Waals surface area contributed by atoms with Crippen LogP contribution < -0.4 is 0 Å². The molecule has 4 nitrogen and oxygen atoms in total. The maximum atomic E-state index is 9.09. The fourth-order valence-electron chi connectivity index (χ4n) is 1.97. The fourth-order valence-corrected chi connectivity index (χ4v) is 2.23. The number of hydrogen-bond donors (Lipinski definition) is 2. The first kappa shape index (κ1) is 15.3. The van der Waals surface area contributed by atoms with Crippen molar-refractivity contribution in [2.45, 2.75) is 13.3 Å². The van der Waals surface area contributed by atoms with Crippen molar-refractivity contribution in [3.63, 3.8) is 0 Å². The molecule has 2 aromatic rings. The summed E-state index contributed by atoms with van der Waals surface area (Å²) >= 11 is 3.41. The van der Waals surface area contributed by atoms with Gasteiger partial charge in [-0.15, -0.1) is 0 Å². The van der Waals surface area contributed by atoms with Crippen molar-refractivity contribution in [2.75, 3.05) is 0 Å². The molecule has 2 aromatic carbocycles. The Kier molecular flexibility index (Phi) is 5.11. The first-order valence-electron chi connectivity index (χ1n) is 6.39. The molecule has 0 aliphatic rings. The van der Waals surface area contributed by atoms with Crippen LogP contribution in [-0.4, -0.2) is 21.8 Å². The molecule has 0 aliphatic heterocycles. The lowest BCUT2D eigenvalue weighted by atomic mass is 10.0. The zero-order chi connectivity index (χ0) is 15.2. The van der Waals surface area contributed by atoms with E-state index in [1.165, 1.54) is 0 Å². The predicted molar refractivity (Wildman–Crippen MR) is 87.4 cm³/mol. The molecule has 0 saturated carbocycles. The summed E-state index contributed by atoms with van der Waals surface area (Å²) in [4.78, 5) is 0. The molecule has 0 saturated heterocycles. The van der Waals surface area contributed by atoms with Crippen LogP contribution in [0.25, 0.3) is 11.1 Å². The van der Waals surface area contributed by atoms with Gasteiger partial charge in [-0.1, -0.05) is 62.6 Å². The van der Waals surface area contributed by atoms with E-state index in [1.807, 2.05) is 48.5 Å². The van der Waals surface area contributed by atoms with E-state index < -0.39 is 0 Å². The Balaban J connectivity index is 2.24. The average molecular weight is 347 g/mol. The lowest BCUT2D eigenvalue weighted by Crippen LogP contribution is -2.07. The van der Waals surface area contributed by atoms with Gasteiger partial charge >= 0.3 is 0 Å². The van der Waals surface area contributed by atoms with Gasteiger partial charge in [0.15, 0.2) is 0 Å². The fraction of sp³-hybridized carbons (Fsp3) is 0.125. The van der Waals surface area contributed by atoms with Crippen LogP contribution in [0.2, 0.25) is 0 Å². The molecule has 0 bridgehead atoms. The third-order valence-corrected chi connectivity index (χ3v) is 3.64. The molecular formula is C16H15BrN2O2. The maximum Gasteiger partial charge on any atom is 0.0924 e. The van der Waals surface area contributed by atoms with Crippen LogP contribution in [0.4, 0.5) is 0 Å². The Labute approximate surface area is 131 Å². The Bertz CT molecular complexity index is 662. The number of nitrogens with zero attached hydrogens (tertiary/aromatic N) is 2. The van der Waals surface area contributed by atoms with Crippen molar-refractivity contribution in [1.82, 2.24) is 0 Å². The van der Waals surface area contributed by atoms with Gasteiger partial charge in [0.25, 0.3) is 0 Å². The minimum atomic E-state index is 0.296. The highest BCUT2D eigenvalue weighted by Gasteiger charge is 2.07. The SMILES string of the molecule is C/C(C/C(=N/O)c1ccc(-c2ccc(Br)cc2)cc1)=N\O. The van der Waals surface area contributed by atoms with Crippen LogP contribution in [0.3, 0.4) is 0 Å². The molecule has 21 heavy (non-hydrogen) atoms. The van der Waals surface area contributed by atoms with Crippen LogP contribution in [0, 0.1) is 0 Å². The van der Waals surface area contributed by atoms with Gasteiger partial charge in [0.2, 0.25) is 0 Å². The van der Waals surface area contributed by atoms with Gasteiger partial charge in [0, 0.05) is 10.9 Å². The highest BCUT2D eigenvalue weighted by Crippen LogP contribution is 2.22. The lowest BCUT2D eigenvalue weighted by Gasteiger charge is -2.06. The van der Waals surface area contributed by atoms with Crippen molar-refractivity contribution in [3.8, 4) is 11.1 Å². The van der Waals surface area contributed by atoms with Crippen LogP contribution in [0.5, 0.6) is 0 Å². The second-order valence-electron chi connectivity index (χ2n) is 4.64. The van der Waals surface area contributed by atoms with Gasteiger partial charge in [-0.3, -0.25) is 0 Å². The number of benzene rings is 2. The molecule has 0 unspecified atom stereocenters. The van der Waals surface area contributed by atoms with Crippen LogP contribution >= 0.6 is 15.9 Å². The summed E-state index contributed by atoms with van der Waals surface area (Å²) in [5.41, 5.74) is 3.94. The van der Waals surface area contributed by atoms with E-state index in [1.54, 1.807) is 6.92 Å². The van der Waals surface area contributed by atoms with Gasteiger partial charge in [-0.05, 0) is 35.7 Å². The van der Waals surface area contributed by atoms with Crippen LogP contribution in [0.15, 0.2) is 63.3 Å². The molecule has 0 atom stereocenters. The zero-order valence-electron chi connectivity index (χ0n) is 11.5. The molecule has 0 aliphatic carbocycles.